The van der Waals surface area contributed by atoms with Crippen molar-refractivity contribution in [1.29, 1.82) is 0 Å². The van der Waals surface area contributed by atoms with Crippen molar-refractivity contribution in [3.8, 4) is 0 Å². The summed E-state index contributed by atoms with van der Waals surface area (Å²) in [6, 6.07) is 0.0926. The fourth-order valence-electron chi connectivity index (χ4n) is 1.64. The molecule has 0 radical (unpaired) electrons. The van der Waals surface area contributed by atoms with E-state index in [1.807, 2.05) is 18.7 Å². The monoisotopic (exact) mass is 217 g/mol. The Kier molecular flexibility index (Phi) is 5.33. The third-order valence-corrected chi connectivity index (χ3v) is 3.85. The minimum Gasteiger partial charge on any atom is -0.481 e. The molecule has 4 heteroatoms. The first-order chi connectivity index (χ1) is 6.68. The van der Waals surface area contributed by atoms with E-state index >= 15 is 0 Å². The first-order valence-corrected chi connectivity index (χ1v) is 6.30. The van der Waals surface area contributed by atoms with Crippen LogP contribution in [0.3, 0.4) is 0 Å². The molecule has 0 aromatic heterocycles. The Morgan fingerprint density at radius 3 is 3.00 bits per heavy atom. The van der Waals surface area contributed by atoms with Crippen LogP contribution in [0.5, 0.6) is 0 Å². The standard InChI is InChI=1S/C10H19NO2S/c1-8(6-10(12)13)11-7-9-4-2-3-5-14-9/h8-9,11H,2-7H2,1H3,(H,12,13). The van der Waals surface area contributed by atoms with Gasteiger partial charge in [0.1, 0.15) is 0 Å². The highest BCUT2D eigenvalue weighted by atomic mass is 32.2. The zero-order chi connectivity index (χ0) is 10.4. The summed E-state index contributed by atoms with van der Waals surface area (Å²) in [5.74, 6) is 0.543. The second kappa shape index (κ2) is 6.30. The lowest BCUT2D eigenvalue weighted by Crippen LogP contribution is -2.34. The predicted octanol–water partition coefficient (Wildman–Crippen LogP) is 1.72. The molecule has 0 spiro atoms. The molecule has 0 saturated carbocycles. The van der Waals surface area contributed by atoms with Gasteiger partial charge in [-0.15, -0.1) is 0 Å². The lowest BCUT2D eigenvalue weighted by Gasteiger charge is -2.23. The fraction of sp³-hybridized carbons (Fsp3) is 0.900. The Bertz CT molecular complexity index is 181. The Balaban J connectivity index is 2.09. The molecule has 1 rings (SSSR count). The molecule has 0 aromatic rings. The van der Waals surface area contributed by atoms with E-state index in [0.29, 0.717) is 5.25 Å². The van der Waals surface area contributed by atoms with Gasteiger partial charge < -0.3 is 10.4 Å². The van der Waals surface area contributed by atoms with Gasteiger partial charge in [-0.2, -0.15) is 11.8 Å². The molecular formula is C10H19NO2S. The van der Waals surface area contributed by atoms with E-state index in [4.69, 9.17) is 5.11 Å². The van der Waals surface area contributed by atoms with Crippen molar-refractivity contribution in [2.24, 2.45) is 0 Å². The normalized spacial score (nSPS) is 24.5. The van der Waals surface area contributed by atoms with Crippen LogP contribution in [-0.4, -0.2) is 34.7 Å². The molecule has 1 fully saturated rings. The van der Waals surface area contributed by atoms with Gasteiger partial charge in [-0.3, -0.25) is 4.79 Å². The number of carbonyl (C=O) groups is 1. The molecule has 3 nitrogen and oxygen atoms in total. The number of carboxylic acid groups (broad SMARTS) is 1. The maximum absolute atomic E-state index is 10.4. The maximum atomic E-state index is 10.4. The van der Waals surface area contributed by atoms with Gasteiger partial charge in [0.15, 0.2) is 0 Å². The number of aliphatic carboxylic acids is 1. The van der Waals surface area contributed by atoms with Crippen LogP contribution in [0.4, 0.5) is 0 Å². The van der Waals surface area contributed by atoms with Gasteiger partial charge in [0.05, 0.1) is 6.42 Å². The largest absolute Gasteiger partial charge is 0.481 e. The second-order valence-corrected chi connectivity index (χ2v) is 5.30. The molecule has 0 aliphatic carbocycles. The highest BCUT2D eigenvalue weighted by Gasteiger charge is 2.15. The summed E-state index contributed by atoms with van der Waals surface area (Å²) in [5.41, 5.74) is 0. The van der Waals surface area contributed by atoms with Gasteiger partial charge in [0, 0.05) is 17.8 Å². The van der Waals surface area contributed by atoms with Crippen LogP contribution in [0.25, 0.3) is 0 Å². The maximum Gasteiger partial charge on any atom is 0.304 e. The molecule has 0 amide bonds. The van der Waals surface area contributed by atoms with E-state index in [1.165, 1.54) is 25.0 Å². The quantitative estimate of drug-likeness (QED) is 0.736. The van der Waals surface area contributed by atoms with Gasteiger partial charge in [-0.05, 0) is 25.5 Å². The van der Waals surface area contributed by atoms with E-state index < -0.39 is 5.97 Å². The average molecular weight is 217 g/mol. The van der Waals surface area contributed by atoms with Gasteiger partial charge in [-0.1, -0.05) is 6.42 Å². The molecule has 0 bridgehead atoms. The molecule has 82 valence electrons. The molecule has 2 atom stereocenters. The summed E-state index contributed by atoms with van der Waals surface area (Å²) < 4.78 is 0. The van der Waals surface area contributed by atoms with Crippen LogP contribution in [0, 0.1) is 0 Å². The minimum atomic E-state index is -0.721. The first-order valence-electron chi connectivity index (χ1n) is 5.25. The highest BCUT2D eigenvalue weighted by Crippen LogP contribution is 2.24. The van der Waals surface area contributed by atoms with Gasteiger partial charge in [0.25, 0.3) is 0 Å². The van der Waals surface area contributed by atoms with Crippen molar-refractivity contribution >= 4 is 17.7 Å². The zero-order valence-electron chi connectivity index (χ0n) is 8.66. The fourth-order valence-corrected chi connectivity index (χ4v) is 2.89. The van der Waals surface area contributed by atoms with E-state index in [0.717, 1.165) is 6.54 Å². The van der Waals surface area contributed by atoms with Crippen molar-refractivity contribution in [2.75, 3.05) is 12.3 Å². The molecule has 2 N–H and O–H groups in total. The molecule has 0 aromatic carbocycles. The van der Waals surface area contributed by atoms with Crippen molar-refractivity contribution < 1.29 is 9.90 Å². The highest BCUT2D eigenvalue weighted by molar-refractivity contribution is 7.99. The third-order valence-electron chi connectivity index (χ3n) is 2.45. The Labute approximate surface area is 89.6 Å². The van der Waals surface area contributed by atoms with E-state index in [-0.39, 0.29) is 12.5 Å². The van der Waals surface area contributed by atoms with Crippen molar-refractivity contribution in [1.82, 2.24) is 5.32 Å². The summed E-state index contributed by atoms with van der Waals surface area (Å²) in [7, 11) is 0. The topological polar surface area (TPSA) is 49.3 Å². The first kappa shape index (κ1) is 11.9. The molecule has 2 unspecified atom stereocenters. The molecular weight excluding hydrogens is 198 g/mol. The van der Waals surface area contributed by atoms with Gasteiger partial charge in [0.2, 0.25) is 0 Å². The van der Waals surface area contributed by atoms with Crippen molar-refractivity contribution in [3.63, 3.8) is 0 Å². The lowest BCUT2D eigenvalue weighted by atomic mass is 10.1. The minimum absolute atomic E-state index is 0.0926. The van der Waals surface area contributed by atoms with E-state index in [9.17, 15) is 4.79 Å². The summed E-state index contributed by atoms with van der Waals surface area (Å²) in [4.78, 5) is 10.4. The molecule has 14 heavy (non-hydrogen) atoms. The van der Waals surface area contributed by atoms with Crippen molar-refractivity contribution in [2.45, 2.75) is 43.9 Å². The van der Waals surface area contributed by atoms with Crippen LogP contribution in [-0.2, 0) is 4.79 Å². The summed E-state index contributed by atoms with van der Waals surface area (Å²) in [6.45, 7) is 2.89. The lowest BCUT2D eigenvalue weighted by molar-refractivity contribution is -0.137. The smallest absolute Gasteiger partial charge is 0.304 e. The number of carboxylic acids is 1. The Morgan fingerprint density at radius 2 is 2.43 bits per heavy atom. The van der Waals surface area contributed by atoms with Crippen LogP contribution in [0.2, 0.25) is 0 Å². The summed E-state index contributed by atoms with van der Waals surface area (Å²) in [6.07, 6.45) is 4.16. The Morgan fingerprint density at radius 1 is 1.64 bits per heavy atom. The van der Waals surface area contributed by atoms with E-state index in [2.05, 4.69) is 5.32 Å². The second-order valence-electron chi connectivity index (χ2n) is 3.90. The number of rotatable bonds is 5. The van der Waals surface area contributed by atoms with Gasteiger partial charge in [-0.25, -0.2) is 0 Å². The summed E-state index contributed by atoms with van der Waals surface area (Å²) in [5, 5.41) is 12.6. The predicted molar refractivity (Wildman–Crippen MR) is 59.8 cm³/mol. The van der Waals surface area contributed by atoms with Gasteiger partial charge >= 0.3 is 5.97 Å². The van der Waals surface area contributed by atoms with Crippen molar-refractivity contribution in [3.05, 3.63) is 0 Å². The summed E-state index contributed by atoms with van der Waals surface area (Å²) >= 11 is 2.01. The third kappa shape index (κ3) is 4.86. The average Bonchev–Trinajstić information content (AvgIpc) is 2.15. The molecule has 1 aliphatic heterocycles. The molecule has 1 heterocycles. The number of nitrogens with one attached hydrogen (secondary N) is 1. The molecule has 1 aliphatic rings. The molecule has 1 saturated heterocycles. The van der Waals surface area contributed by atoms with Crippen LogP contribution < -0.4 is 5.32 Å². The zero-order valence-corrected chi connectivity index (χ0v) is 9.48. The Hall–Kier alpha value is -0.220. The van der Waals surface area contributed by atoms with Crippen LogP contribution >= 0.6 is 11.8 Å². The number of hydrogen-bond donors (Lipinski definition) is 2. The number of hydrogen-bond acceptors (Lipinski definition) is 3. The number of thioether (sulfide) groups is 1. The van der Waals surface area contributed by atoms with Crippen LogP contribution in [0.1, 0.15) is 32.6 Å². The SMILES string of the molecule is CC(CC(=O)O)NCC1CCCCS1. The van der Waals surface area contributed by atoms with E-state index in [1.54, 1.807) is 0 Å². The van der Waals surface area contributed by atoms with Crippen LogP contribution in [0.15, 0.2) is 0 Å².